The normalized spacial score (nSPS) is 42.9. The van der Waals surface area contributed by atoms with Crippen molar-refractivity contribution in [3.05, 3.63) is 28.2 Å². The maximum absolute atomic E-state index is 12.3. The van der Waals surface area contributed by atoms with Crippen LogP contribution in [0.1, 0.15) is 65.7 Å². The molecule has 0 amide bonds. The Kier molecular flexibility index (Phi) is 5.19. The summed E-state index contributed by atoms with van der Waals surface area (Å²) >= 11 is 0. The van der Waals surface area contributed by atoms with Crippen molar-refractivity contribution < 1.29 is 24.1 Å². The van der Waals surface area contributed by atoms with E-state index >= 15 is 0 Å². The highest BCUT2D eigenvalue weighted by Gasteiger charge is 2.66. The van der Waals surface area contributed by atoms with Crippen LogP contribution in [0.15, 0.2) is 28.5 Å². The number of fused-ring (bicyclic) bond motifs is 5. The van der Waals surface area contributed by atoms with Crippen molar-refractivity contribution in [2.45, 2.75) is 83.1 Å². The van der Waals surface area contributed by atoms with E-state index in [9.17, 15) is 14.8 Å². The van der Waals surface area contributed by atoms with Crippen LogP contribution in [0.2, 0.25) is 0 Å². The smallest absolute Gasteiger partial charge is 0.302 e. The summed E-state index contributed by atoms with van der Waals surface area (Å²) in [6.45, 7) is 7.06. The van der Waals surface area contributed by atoms with Crippen molar-refractivity contribution in [2.75, 3.05) is 19.8 Å². The summed E-state index contributed by atoms with van der Waals surface area (Å²) in [5.41, 5.74) is 0.966. The fourth-order valence-corrected chi connectivity index (χ4v) is 7.78. The van der Waals surface area contributed by atoms with Gasteiger partial charge in [0.15, 0.2) is 5.79 Å². The van der Waals surface area contributed by atoms with Gasteiger partial charge in [-0.15, -0.1) is 0 Å². The number of nitroso groups, excluding NO2 is 1. The van der Waals surface area contributed by atoms with Crippen molar-refractivity contribution >= 4 is 5.97 Å². The molecule has 1 spiro atoms. The lowest BCUT2D eigenvalue weighted by atomic mass is 9.44. The molecule has 1 unspecified atom stereocenters. The number of allylic oxidation sites excluding steroid dienone is 2. The molecule has 1 saturated heterocycles. The molecule has 1 aliphatic heterocycles. The third-order valence-corrected chi connectivity index (χ3v) is 9.69. The highest BCUT2D eigenvalue weighted by atomic mass is 16.7. The number of ether oxygens (including phenoxy) is 3. The van der Waals surface area contributed by atoms with Crippen molar-refractivity contribution in [3.8, 4) is 0 Å². The van der Waals surface area contributed by atoms with Gasteiger partial charge in [-0.2, -0.15) is 4.91 Å². The number of nitrogens with zero attached hydrogens (tertiary/aromatic N) is 1. The van der Waals surface area contributed by atoms with Crippen LogP contribution < -0.4 is 0 Å². The van der Waals surface area contributed by atoms with Crippen LogP contribution in [0.5, 0.6) is 0 Å². The summed E-state index contributed by atoms with van der Waals surface area (Å²) in [6.07, 6.45) is 9.98. The Labute approximate surface area is 189 Å². The highest BCUT2D eigenvalue weighted by molar-refractivity contribution is 5.66. The molecule has 0 aromatic carbocycles. The van der Waals surface area contributed by atoms with Crippen LogP contribution in [0, 0.1) is 27.6 Å². The van der Waals surface area contributed by atoms with Gasteiger partial charge in [0.25, 0.3) is 0 Å². The van der Waals surface area contributed by atoms with E-state index in [0.29, 0.717) is 19.6 Å². The first-order chi connectivity index (χ1) is 15.2. The van der Waals surface area contributed by atoms with Gasteiger partial charge in [-0.05, 0) is 54.9 Å². The topological polar surface area (TPSA) is 94.4 Å². The van der Waals surface area contributed by atoms with Gasteiger partial charge in [0.1, 0.15) is 12.6 Å². The van der Waals surface area contributed by atoms with E-state index in [1.807, 2.05) is 0 Å². The maximum Gasteiger partial charge on any atom is 0.302 e. The zero-order chi connectivity index (χ0) is 22.8. The van der Waals surface area contributed by atoms with E-state index in [2.05, 4.69) is 31.2 Å². The number of aliphatic hydroxyl groups is 1. The van der Waals surface area contributed by atoms with E-state index < -0.39 is 23.4 Å². The molecule has 7 nitrogen and oxygen atoms in total. The molecule has 0 bridgehead atoms. The predicted octanol–water partition coefficient (Wildman–Crippen LogP) is 4.04. The van der Waals surface area contributed by atoms with Gasteiger partial charge in [0, 0.05) is 25.2 Å². The molecule has 0 aromatic rings. The molecule has 176 valence electrons. The SMILES string of the molecule is CC(=O)OCC(N=O)C1=CC[C@H]2[C@@H]3CC=C4CC5(CC[C@]4(C)[C@@]3(O)CC[C@]12C)OCCO5. The standard InChI is InChI=1S/C25H35NO6/c1-16(27)30-15-21(26-29)20-7-6-18-19-5-4-17-14-24(31-12-13-32-24)10-9-23(17,3)25(19,28)11-8-22(18,20)2/h4,7,18-19,21,28H,5-6,8-15H2,1-3H3/t18-,19-,21?,22-,23-,25+/m0/s1. The van der Waals surface area contributed by atoms with Crippen molar-refractivity contribution in [2.24, 2.45) is 27.8 Å². The maximum atomic E-state index is 12.3. The van der Waals surface area contributed by atoms with E-state index in [1.54, 1.807) is 0 Å². The largest absolute Gasteiger partial charge is 0.463 e. The molecule has 7 heteroatoms. The zero-order valence-electron chi connectivity index (χ0n) is 19.4. The minimum atomic E-state index is -0.787. The van der Waals surface area contributed by atoms with Gasteiger partial charge in [0.2, 0.25) is 0 Å². The first-order valence-corrected chi connectivity index (χ1v) is 12.0. The van der Waals surface area contributed by atoms with Crippen molar-refractivity contribution in [1.29, 1.82) is 0 Å². The monoisotopic (exact) mass is 445 g/mol. The molecule has 0 aromatic heterocycles. The molecule has 0 radical (unpaired) electrons. The third-order valence-electron chi connectivity index (χ3n) is 9.69. The molecule has 5 rings (SSSR count). The van der Waals surface area contributed by atoms with Gasteiger partial charge >= 0.3 is 5.97 Å². The van der Waals surface area contributed by atoms with Gasteiger partial charge in [-0.3, -0.25) is 4.79 Å². The second kappa shape index (κ2) is 7.47. The third kappa shape index (κ3) is 3.00. The van der Waals surface area contributed by atoms with Gasteiger partial charge < -0.3 is 19.3 Å². The second-order valence-corrected chi connectivity index (χ2v) is 11.0. The van der Waals surface area contributed by atoms with Crippen molar-refractivity contribution in [1.82, 2.24) is 0 Å². The Morgan fingerprint density at radius 1 is 1.16 bits per heavy atom. The van der Waals surface area contributed by atoms with E-state index in [1.165, 1.54) is 12.5 Å². The minimum Gasteiger partial charge on any atom is -0.463 e. The Bertz CT molecular complexity index is 876. The fraction of sp³-hybridized carbons (Fsp3) is 0.800. The Morgan fingerprint density at radius 2 is 1.88 bits per heavy atom. The van der Waals surface area contributed by atoms with Crippen molar-refractivity contribution in [3.63, 3.8) is 0 Å². The van der Waals surface area contributed by atoms with Crippen LogP contribution in [-0.2, 0) is 19.0 Å². The number of esters is 1. The summed E-state index contributed by atoms with van der Waals surface area (Å²) in [4.78, 5) is 23.0. The first-order valence-electron chi connectivity index (χ1n) is 12.0. The second-order valence-electron chi connectivity index (χ2n) is 11.0. The lowest BCUT2D eigenvalue weighted by Gasteiger charge is -2.63. The summed E-state index contributed by atoms with van der Waals surface area (Å²) in [6, 6.07) is -0.656. The molecule has 1 N–H and O–H groups in total. The highest BCUT2D eigenvalue weighted by Crippen LogP contribution is 2.68. The molecule has 1 heterocycles. The molecule has 32 heavy (non-hydrogen) atoms. The number of hydrogen-bond donors (Lipinski definition) is 1. The summed E-state index contributed by atoms with van der Waals surface area (Å²) in [7, 11) is 0. The van der Waals surface area contributed by atoms with Crippen LogP contribution in [0.4, 0.5) is 0 Å². The van der Waals surface area contributed by atoms with E-state index in [-0.39, 0.29) is 29.3 Å². The van der Waals surface area contributed by atoms with E-state index in [4.69, 9.17) is 14.2 Å². The summed E-state index contributed by atoms with van der Waals surface area (Å²) < 4.78 is 17.1. The van der Waals surface area contributed by atoms with Crippen LogP contribution in [0.3, 0.4) is 0 Å². The lowest BCUT2D eigenvalue weighted by molar-refractivity contribution is -0.219. The minimum absolute atomic E-state index is 0.00817. The zero-order valence-corrected chi connectivity index (χ0v) is 19.4. The van der Waals surface area contributed by atoms with Gasteiger partial charge in [-0.25, -0.2) is 0 Å². The molecule has 6 atom stereocenters. The van der Waals surface area contributed by atoms with Crippen LogP contribution >= 0.6 is 0 Å². The Morgan fingerprint density at radius 3 is 2.56 bits per heavy atom. The number of carbonyl (C=O) groups is 1. The first kappa shape index (κ1) is 22.2. The molecular formula is C25H35NO6. The lowest BCUT2D eigenvalue weighted by Crippen LogP contribution is -2.63. The fourth-order valence-electron chi connectivity index (χ4n) is 7.78. The molecule has 2 saturated carbocycles. The predicted molar refractivity (Wildman–Crippen MR) is 117 cm³/mol. The Hall–Kier alpha value is -1.57. The molecule has 3 fully saturated rings. The average Bonchev–Trinajstić information content (AvgIpc) is 3.35. The summed E-state index contributed by atoms with van der Waals surface area (Å²) in [5, 5.41) is 15.6. The molecule has 5 aliphatic rings. The summed E-state index contributed by atoms with van der Waals surface area (Å²) in [5.74, 6) is -0.550. The average molecular weight is 446 g/mol. The number of carbonyl (C=O) groups excluding carboxylic acids is 1. The number of rotatable bonds is 4. The number of hydrogen-bond acceptors (Lipinski definition) is 7. The molecular weight excluding hydrogens is 410 g/mol. The Balaban J connectivity index is 1.42. The van der Waals surface area contributed by atoms with Gasteiger partial charge in [0.05, 0.1) is 18.8 Å². The van der Waals surface area contributed by atoms with Crippen LogP contribution in [-0.4, -0.2) is 48.3 Å². The van der Waals surface area contributed by atoms with Crippen LogP contribution in [0.25, 0.3) is 0 Å². The molecule has 4 aliphatic carbocycles. The van der Waals surface area contributed by atoms with Gasteiger partial charge in [-0.1, -0.05) is 36.7 Å². The quantitative estimate of drug-likeness (QED) is 0.399. The van der Waals surface area contributed by atoms with E-state index in [0.717, 1.165) is 44.1 Å².